The molecule has 0 amide bonds. The molecule has 6 heteroatoms. The van der Waals surface area contributed by atoms with Gasteiger partial charge in [-0.25, -0.2) is 9.97 Å². The average molecular weight is 266 g/mol. The lowest BCUT2D eigenvalue weighted by Crippen LogP contribution is -2.22. The van der Waals surface area contributed by atoms with Gasteiger partial charge in [0.25, 0.3) is 0 Å². The Morgan fingerprint density at radius 2 is 2.06 bits per heavy atom. The van der Waals surface area contributed by atoms with Gasteiger partial charge >= 0.3 is 0 Å². The molecule has 18 heavy (non-hydrogen) atoms. The second-order valence-corrected chi connectivity index (χ2v) is 4.40. The molecule has 0 aromatic carbocycles. The van der Waals surface area contributed by atoms with Crippen LogP contribution in [0, 0.1) is 0 Å². The van der Waals surface area contributed by atoms with E-state index >= 15 is 0 Å². The van der Waals surface area contributed by atoms with E-state index in [0.29, 0.717) is 5.02 Å². The van der Waals surface area contributed by atoms with Crippen molar-refractivity contribution in [1.29, 1.82) is 0 Å². The van der Waals surface area contributed by atoms with Crippen molar-refractivity contribution in [2.45, 2.75) is 25.9 Å². The normalized spacial score (nSPS) is 12.6. The number of aryl methyl sites for hydroxylation is 1. The van der Waals surface area contributed by atoms with E-state index in [1.165, 1.54) is 6.33 Å². The quantitative estimate of drug-likeness (QED) is 0.899. The van der Waals surface area contributed by atoms with Crippen molar-refractivity contribution >= 4 is 11.6 Å². The van der Waals surface area contributed by atoms with Crippen LogP contribution in [0.3, 0.4) is 0 Å². The Morgan fingerprint density at radius 3 is 2.67 bits per heavy atom. The predicted molar refractivity (Wildman–Crippen MR) is 70.5 cm³/mol. The van der Waals surface area contributed by atoms with Gasteiger partial charge in [-0.2, -0.15) is 5.10 Å². The van der Waals surface area contributed by atoms with Crippen LogP contribution in [0.1, 0.15) is 30.6 Å². The number of halogens is 1. The molecular weight excluding hydrogens is 250 g/mol. The maximum absolute atomic E-state index is 6.24. The Bertz CT molecular complexity index is 496. The Kier molecular flexibility index (Phi) is 4.28. The highest BCUT2D eigenvalue weighted by Gasteiger charge is 2.20. The second kappa shape index (κ2) is 5.93. The number of rotatable bonds is 5. The SMILES string of the molecule is CCCn1ncc(Cl)c1C(NC)c1cncnc1. The van der Waals surface area contributed by atoms with E-state index in [1.807, 2.05) is 11.7 Å². The highest BCUT2D eigenvalue weighted by Crippen LogP contribution is 2.27. The van der Waals surface area contributed by atoms with Crippen LogP contribution in [0.4, 0.5) is 0 Å². The van der Waals surface area contributed by atoms with Crippen LogP contribution in [-0.2, 0) is 6.54 Å². The number of nitrogens with zero attached hydrogens (tertiary/aromatic N) is 4. The number of hydrogen-bond donors (Lipinski definition) is 1. The molecule has 1 N–H and O–H groups in total. The van der Waals surface area contributed by atoms with E-state index in [4.69, 9.17) is 11.6 Å². The van der Waals surface area contributed by atoms with Gasteiger partial charge in [-0.3, -0.25) is 4.68 Å². The second-order valence-electron chi connectivity index (χ2n) is 3.99. The van der Waals surface area contributed by atoms with Gasteiger partial charge in [0.1, 0.15) is 6.33 Å². The average Bonchev–Trinajstić information content (AvgIpc) is 2.75. The molecule has 1 unspecified atom stereocenters. The summed E-state index contributed by atoms with van der Waals surface area (Å²) in [7, 11) is 1.89. The summed E-state index contributed by atoms with van der Waals surface area (Å²) in [5, 5.41) is 8.20. The zero-order valence-corrected chi connectivity index (χ0v) is 11.2. The molecule has 0 aliphatic carbocycles. The molecule has 1 atom stereocenters. The van der Waals surface area contributed by atoms with Crippen LogP contribution in [-0.4, -0.2) is 26.8 Å². The summed E-state index contributed by atoms with van der Waals surface area (Å²) >= 11 is 6.24. The Hall–Kier alpha value is -1.46. The molecule has 5 nitrogen and oxygen atoms in total. The molecule has 0 radical (unpaired) electrons. The van der Waals surface area contributed by atoms with E-state index in [0.717, 1.165) is 24.2 Å². The van der Waals surface area contributed by atoms with Gasteiger partial charge in [-0.05, 0) is 13.5 Å². The van der Waals surface area contributed by atoms with Gasteiger partial charge in [0, 0.05) is 24.5 Å². The first-order valence-corrected chi connectivity index (χ1v) is 6.29. The van der Waals surface area contributed by atoms with Crippen LogP contribution in [0.5, 0.6) is 0 Å². The van der Waals surface area contributed by atoms with E-state index in [9.17, 15) is 0 Å². The first kappa shape index (κ1) is 13.0. The van der Waals surface area contributed by atoms with Crippen LogP contribution in [0.15, 0.2) is 24.9 Å². The predicted octanol–water partition coefficient (Wildman–Crippen LogP) is 2.05. The van der Waals surface area contributed by atoms with Crippen LogP contribution in [0.2, 0.25) is 5.02 Å². The monoisotopic (exact) mass is 265 g/mol. The van der Waals surface area contributed by atoms with E-state index in [2.05, 4.69) is 27.3 Å². The van der Waals surface area contributed by atoms with E-state index in [-0.39, 0.29) is 6.04 Å². The van der Waals surface area contributed by atoms with Gasteiger partial charge in [0.15, 0.2) is 0 Å². The zero-order valence-electron chi connectivity index (χ0n) is 10.5. The number of nitrogens with one attached hydrogen (secondary N) is 1. The van der Waals surface area contributed by atoms with Gasteiger partial charge in [-0.1, -0.05) is 18.5 Å². The zero-order chi connectivity index (χ0) is 13.0. The summed E-state index contributed by atoms with van der Waals surface area (Å²) in [6.45, 7) is 2.95. The maximum atomic E-state index is 6.24. The third-order valence-electron chi connectivity index (χ3n) is 2.74. The van der Waals surface area contributed by atoms with Crippen molar-refractivity contribution in [3.05, 3.63) is 41.2 Å². The lowest BCUT2D eigenvalue weighted by Gasteiger charge is -2.18. The van der Waals surface area contributed by atoms with Gasteiger partial charge in [-0.15, -0.1) is 0 Å². The fourth-order valence-corrected chi connectivity index (χ4v) is 2.22. The third kappa shape index (κ3) is 2.52. The largest absolute Gasteiger partial charge is 0.308 e. The molecule has 0 saturated carbocycles. The van der Waals surface area contributed by atoms with Crippen molar-refractivity contribution in [2.75, 3.05) is 7.05 Å². The molecule has 2 rings (SSSR count). The van der Waals surface area contributed by atoms with Crippen molar-refractivity contribution in [3.8, 4) is 0 Å². The number of aromatic nitrogens is 4. The highest BCUT2D eigenvalue weighted by atomic mass is 35.5. The molecule has 0 bridgehead atoms. The Morgan fingerprint density at radius 1 is 1.33 bits per heavy atom. The third-order valence-corrected chi connectivity index (χ3v) is 3.04. The fourth-order valence-electron chi connectivity index (χ4n) is 1.97. The van der Waals surface area contributed by atoms with Crippen LogP contribution in [0.25, 0.3) is 0 Å². The summed E-state index contributed by atoms with van der Waals surface area (Å²) in [5.74, 6) is 0. The van der Waals surface area contributed by atoms with E-state index < -0.39 is 0 Å². The van der Waals surface area contributed by atoms with Crippen LogP contribution < -0.4 is 5.32 Å². The number of hydrogen-bond acceptors (Lipinski definition) is 4. The van der Waals surface area contributed by atoms with Crippen molar-refractivity contribution in [2.24, 2.45) is 0 Å². The smallest absolute Gasteiger partial charge is 0.115 e. The minimum absolute atomic E-state index is 0.0484. The minimum Gasteiger partial charge on any atom is -0.308 e. The Balaban J connectivity index is 2.41. The molecule has 2 heterocycles. The van der Waals surface area contributed by atoms with Crippen molar-refractivity contribution in [3.63, 3.8) is 0 Å². The molecule has 0 fully saturated rings. The highest BCUT2D eigenvalue weighted by molar-refractivity contribution is 6.31. The maximum Gasteiger partial charge on any atom is 0.115 e. The molecule has 2 aromatic heterocycles. The van der Waals surface area contributed by atoms with Gasteiger partial charge < -0.3 is 5.32 Å². The molecule has 96 valence electrons. The molecule has 0 aliphatic heterocycles. The summed E-state index contributed by atoms with van der Waals surface area (Å²) in [5.41, 5.74) is 1.93. The summed E-state index contributed by atoms with van der Waals surface area (Å²) in [4.78, 5) is 8.09. The summed E-state index contributed by atoms with van der Waals surface area (Å²) in [6, 6.07) is -0.0484. The summed E-state index contributed by atoms with van der Waals surface area (Å²) < 4.78 is 1.93. The standard InChI is InChI=1S/C12H16ClN5/c1-3-4-18-12(10(13)7-17-18)11(14-2)9-5-15-8-16-6-9/h5-8,11,14H,3-4H2,1-2H3. The van der Waals surface area contributed by atoms with Crippen molar-refractivity contribution < 1.29 is 0 Å². The molecule has 0 aliphatic rings. The fraction of sp³-hybridized carbons (Fsp3) is 0.417. The van der Waals surface area contributed by atoms with Gasteiger partial charge in [0.05, 0.1) is 23.0 Å². The first-order chi connectivity index (χ1) is 8.77. The molecule has 2 aromatic rings. The van der Waals surface area contributed by atoms with Crippen LogP contribution >= 0.6 is 11.6 Å². The Labute approximate surface area is 111 Å². The lowest BCUT2D eigenvalue weighted by molar-refractivity contribution is 0.533. The molecule has 0 spiro atoms. The molecular formula is C12H16ClN5. The van der Waals surface area contributed by atoms with Gasteiger partial charge in [0.2, 0.25) is 0 Å². The van der Waals surface area contributed by atoms with Crippen molar-refractivity contribution in [1.82, 2.24) is 25.1 Å². The minimum atomic E-state index is -0.0484. The first-order valence-electron chi connectivity index (χ1n) is 5.91. The van der Waals surface area contributed by atoms with E-state index in [1.54, 1.807) is 18.6 Å². The topological polar surface area (TPSA) is 55.6 Å². The lowest BCUT2D eigenvalue weighted by atomic mass is 10.1. The molecule has 0 saturated heterocycles. The summed E-state index contributed by atoms with van der Waals surface area (Å²) in [6.07, 6.45) is 7.77.